The van der Waals surface area contributed by atoms with Crippen LogP contribution in [-0.4, -0.2) is 11.0 Å². The van der Waals surface area contributed by atoms with E-state index in [0.29, 0.717) is 0 Å². The number of hydrogen-bond donors (Lipinski definition) is 0. The van der Waals surface area contributed by atoms with E-state index >= 15 is 0 Å². The molecule has 0 rings (SSSR count). The minimum Gasteiger partial charge on any atom is -0.822 e. The van der Waals surface area contributed by atoms with Gasteiger partial charge in [-0.25, -0.2) is 0 Å². The van der Waals surface area contributed by atoms with Crippen LogP contribution in [0, 0.1) is 0 Å². The maximum atomic E-state index is 8.55. The second-order valence-electron chi connectivity index (χ2n) is 0.894. The molecule has 0 unspecified atom stereocenters. The van der Waals surface area contributed by atoms with Crippen molar-refractivity contribution in [2.45, 2.75) is 0 Å². The van der Waals surface area contributed by atoms with E-state index in [1.54, 1.807) is 0 Å². The van der Waals surface area contributed by atoms with Crippen molar-refractivity contribution in [3.05, 3.63) is 0 Å². The van der Waals surface area contributed by atoms with Crippen molar-refractivity contribution >= 4 is 26.6 Å². The summed E-state index contributed by atoms with van der Waals surface area (Å²) in [4.78, 5) is 51.3. The summed E-state index contributed by atoms with van der Waals surface area (Å²) in [7, 11) is -10.8. The fraction of sp³-hybridized carbons (Fsp3) is 0. The molecule has 14 heteroatoms. The largest absolute Gasteiger partial charge is 4.00 e. The van der Waals surface area contributed by atoms with Gasteiger partial charge in [-0.05, 0) is 11.0 Å². The van der Waals surface area contributed by atoms with Gasteiger partial charge in [0.05, 0.1) is 0 Å². The fourth-order valence-electron chi connectivity index (χ4n) is 0. The van der Waals surface area contributed by atoms with Crippen LogP contribution in [0.1, 0.15) is 0 Å². The van der Waals surface area contributed by atoms with Crippen molar-refractivity contribution < 1.29 is 124 Å². The van der Waals surface area contributed by atoms with Crippen LogP contribution in [0.5, 0.6) is 0 Å². The molecule has 0 spiro atoms. The molecule has 0 radical (unpaired) electrons. The van der Waals surface area contributed by atoms with Gasteiger partial charge in [-0.2, -0.15) is 15.6 Å². The van der Waals surface area contributed by atoms with Crippen molar-refractivity contribution in [2.24, 2.45) is 0 Å². The molecule has 8 nitrogen and oxygen atoms in total. The van der Waals surface area contributed by atoms with E-state index in [0.717, 1.165) is 0 Å². The predicted molar refractivity (Wildman–Crippen MR) is 26.5 cm³/mol. The van der Waals surface area contributed by atoms with Gasteiger partial charge in [0.1, 0.15) is 0 Å². The minimum absolute atomic E-state index is 0. The molecule has 0 bridgehead atoms. The third kappa shape index (κ3) is 285. The topological polar surface area (TPSA) is 172 Å². The quantitative estimate of drug-likeness (QED) is 0.303. The van der Waals surface area contributed by atoms with E-state index in [4.69, 9.17) is 38.5 Å². The van der Waals surface area contributed by atoms with Crippen LogP contribution in [0.15, 0.2) is 0 Å². The molecular weight excluding hydrogens is 355 g/mol. The Morgan fingerprint density at radius 2 is 0.643 bits per heavy atom. The zero-order chi connectivity index (χ0) is 9.00. The Morgan fingerprint density at radius 1 is 0.643 bits per heavy atom. The van der Waals surface area contributed by atoms with Gasteiger partial charge in [0.25, 0.3) is 0 Å². The van der Waals surface area contributed by atoms with Crippen LogP contribution in [0.25, 0.3) is 0 Å². The third-order valence-corrected chi connectivity index (χ3v) is 0. The zero-order valence-electron chi connectivity index (χ0n) is 6.66. The molecule has 0 aromatic rings. The van der Waals surface area contributed by atoms with Crippen LogP contribution < -0.4 is 88.5 Å². The molecule has 14 heavy (non-hydrogen) atoms. The molecule has 0 atom stereocenters. The maximum absolute atomic E-state index is 8.55. The second kappa shape index (κ2) is 16.3. The van der Waals surface area contributed by atoms with E-state index in [1.807, 2.05) is 0 Å². The van der Waals surface area contributed by atoms with Crippen LogP contribution >= 0.6 is 15.6 Å². The van der Waals surface area contributed by atoms with E-state index in [9.17, 15) is 0 Å². The summed E-state index contributed by atoms with van der Waals surface area (Å²) >= 11 is 0. The molecule has 0 aliphatic heterocycles. The summed E-state index contributed by atoms with van der Waals surface area (Å²) in [5.41, 5.74) is 0. The Bertz CT molecular complexity index is 138. The van der Waals surface area contributed by atoms with Crippen molar-refractivity contribution in [3.8, 4) is 0 Å². The standard InChI is InChI=1S/2Na.2H3O4P.H4Si.Zr/c;;2*1-5(2,3)4;;/h;;2*(H3,1,2,3,4);1H4;/q2*+1;;;;+4/p-6. The third-order valence-electron chi connectivity index (χ3n) is 0. The van der Waals surface area contributed by atoms with Crippen molar-refractivity contribution in [3.63, 3.8) is 0 Å². The summed E-state index contributed by atoms with van der Waals surface area (Å²) < 4.78 is 17.1. The Labute approximate surface area is 148 Å². The average Bonchev–Trinajstić information content (AvgIpc) is 1.12. The van der Waals surface area contributed by atoms with Crippen LogP contribution in [-0.2, 0) is 35.3 Å². The summed E-state index contributed by atoms with van der Waals surface area (Å²) in [6.45, 7) is 0. The van der Waals surface area contributed by atoms with Gasteiger partial charge in [-0.1, -0.05) is 0 Å². The molecule has 0 fully saturated rings. The van der Waals surface area contributed by atoms with Gasteiger partial charge in [0, 0.05) is 0 Å². The molecule has 0 N–H and O–H groups in total. The van der Waals surface area contributed by atoms with Crippen molar-refractivity contribution in [1.29, 1.82) is 0 Å². The van der Waals surface area contributed by atoms with Gasteiger partial charge in [0.2, 0.25) is 0 Å². The smallest absolute Gasteiger partial charge is 0.822 e. The van der Waals surface area contributed by atoms with E-state index in [1.165, 1.54) is 0 Å². The molecule has 0 heterocycles. The van der Waals surface area contributed by atoms with Gasteiger partial charge >= 0.3 is 85.3 Å². The Kier molecular flexibility index (Phi) is 42.0. The molecule has 0 aliphatic carbocycles. The van der Waals surface area contributed by atoms with Crippen molar-refractivity contribution in [1.82, 2.24) is 0 Å². The molecule has 72 valence electrons. The van der Waals surface area contributed by atoms with E-state index in [-0.39, 0.29) is 96.3 Å². The second-order valence-corrected chi connectivity index (χ2v) is 2.68. The number of rotatable bonds is 0. The fourth-order valence-corrected chi connectivity index (χ4v) is 0. The SMILES string of the molecule is O=P([O-])([O-])[O-].O=P([O-])([O-])[O-].[Na+].[Na+].[SiH4].[Zr+4]. The van der Waals surface area contributed by atoms with Crippen molar-refractivity contribution in [2.75, 3.05) is 0 Å². The molecule has 0 saturated carbocycles. The monoisotopic (exact) mass is 358 g/mol. The molecule has 0 aliphatic rings. The Balaban J connectivity index is -0.0000000178. The van der Waals surface area contributed by atoms with Gasteiger partial charge in [-0.3, -0.25) is 0 Å². The average molecular weight is 359 g/mol. The summed E-state index contributed by atoms with van der Waals surface area (Å²) in [6, 6.07) is 0. The Hall–Kier alpha value is 3.32. The summed E-state index contributed by atoms with van der Waals surface area (Å²) in [6.07, 6.45) is 0. The molecule has 0 amide bonds. The molecule has 0 saturated heterocycles. The first-order valence-corrected chi connectivity index (χ1v) is 4.38. The zero-order valence-corrected chi connectivity index (χ0v) is 14.9. The predicted octanol–water partition coefficient (Wildman–Crippen LogP) is -13.1. The van der Waals surface area contributed by atoms with Gasteiger partial charge in [-0.15, -0.1) is 0 Å². The van der Waals surface area contributed by atoms with Crippen LogP contribution in [0.2, 0.25) is 0 Å². The molecular formula is H4Na2O8P2SiZr. The normalized spacial score (nSPS) is 8.43. The first-order chi connectivity index (χ1) is 4.00. The molecule has 0 aromatic carbocycles. The van der Waals surface area contributed by atoms with Gasteiger partial charge in [0.15, 0.2) is 0 Å². The number of phosphoric acid groups is 2. The van der Waals surface area contributed by atoms with E-state index in [2.05, 4.69) is 0 Å². The van der Waals surface area contributed by atoms with Crippen LogP contribution in [0.4, 0.5) is 0 Å². The van der Waals surface area contributed by atoms with Gasteiger partial charge < -0.3 is 38.5 Å². The van der Waals surface area contributed by atoms with E-state index < -0.39 is 15.6 Å². The molecule has 0 aromatic heterocycles. The minimum atomic E-state index is -5.39. The maximum Gasteiger partial charge on any atom is 4.00 e. The summed E-state index contributed by atoms with van der Waals surface area (Å²) in [5, 5.41) is 0. The number of hydrogen-bond acceptors (Lipinski definition) is 8. The first-order valence-electron chi connectivity index (χ1n) is 1.46. The van der Waals surface area contributed by atoms with Crippen LogP contribution in [0.3, 0.4) is 0 Å². The Morgan fingerprint density at radius 3 is 0.643 bits per heavy atom. The summed E-state index contributed by atoms with van der Waals surface area (Å²) in [5.74, 6) is 0. The first kappa shape index (κ1) is 36.0.